The van der Waals surface area contributed by atoms with Crippen LogP contribution in [0, 0.1) is 0 Å². The van der Waals surface area contributed by atoms with Crippen molar-refractivity contribution in [2.24, 2.45) is 0 Å². The Labute approximate surface area is 191 Å². The second-order valence-corrected chi connectivity index (χ2v) is 8.78. The summed E-state index contributed by atoms with van der Waals surface area (Å²) in [5, 5.41) is 0. The van der Waals surface area contributed by atoms with Crippen molar-refractivity contribution >= 4 is 0 Å². The van der Waals surface area contributed by atoms with Crippen LogP contribution in [0.1, 0.15) is 109 Å². The Morgan fingerprint density at radius 1 is 0.613 bits per heavy atom. The number of nitrogens with zero attached hydrogens (tertiary/aromatic N) is 2. The smallest absolute Gasteiger partial charge is 0.159 e. The van der Waals surface area contributed by atoms with Gasteiger partial charge in [-0.05, 0) is 24.8 Å². The minimum Gasteiger partial charge on any atom is -0.490 e. The number of aryl methyl sites for hydroxylation is 1. The third kappa shape index (κ3) is 11.3. The van der Waals surface area contributed by atoms with Crippen LogP contribution in [0.25, 0.3) is 11.4 Å². The summed E-state index contributed by atoms with van der Waals surface area (Å²) in [6, 6.07) is 8.72. The van der Waals surface area contributed by atoms with Crippen LogP contribution in [0.2, 0.25) is 0 Å². The summed E-state index contributed by atoms with van der Waals surface area (Å²) in [6.45, 7) is 5.29. The first-order valence-electron chi connectivity index (χ1n) is 12.9. The van der Waals surface area contributed by atoms with E-state index in [2.05, 4.69) is 48.1 Å². The SMILES string of the molecule is CCCCCCCCCCOc1cnc(-c2ccc(CCCCCCCC)cc2)nc1. The Morgan fingerprint density at radius 2 is 1.13 bits per heavy atom. The third-order valence-corrected chi connectivity index (χ3v) is 5.93. The average molecular weight is 425 g/mol. The molecule has 3 nitrogen and oxygen atoms in total. The van der Waals surface area contributed by atoms with Gasteiger partial charge in [0, 0.05) is 5.56 Å². The lowest BCUT2D eigenvalue weighted by molar-refractivity contribution is 0.302. The Morgan fingerprint density at radius 3 is 1.71 bits per heavy atom. The molecule has 172 valence electrons. The van der Waals surface area contributed by atoms with Crippen LogP contribution in [-0.4, -0.2) is 16.6 Å². The van der Waals surface area contributed by atoms with Gasteiger partial charge in [0.05, 0.1) is 19.0 Å². The monoisotopic (exact) mass is 424 g/mol. The number of hydrogen-bond donors (Lipinski definition) is 0. The van der Waals surface area contributed by atoms with Crippen molar-refractivity contribution in [3.63, 3.8) is 0 Å². The van der Waals surface area contributed by atoms with Gasteiger partial charge in [-0.2, -0.15) is 0 Å². The van der Waals surface area contributed by atoms with Crippen molar-refractivity contribution in [1.29, 1.82) is 0 Å². The van der Waals surface area contributed by atoms with E-state index in [-0.39, 0.29) is 0 Å². The van der Waals surface area contributed by atoms with Gasteiger partial charge in [0.25, 0.3) is 0 Å². The molecule has 0 radical (unpaired) electrons. The fraction of sp³-hybridized carbons (Fsp3) is 0.643. The number of hydrogen-bond acceptors (Lipinski definition) is 3. The summed E-state index contributed by atoms with van der Waals surface area (Å²) in [5.74, 6) is 1.54. The highest BCUT2D eigenvalue weighted by molar-refractivity contribution is 5.55. The van der Waals surface area contributed by atoms with Gasteiger partial charge in [-0.3, -0.25) is 0 Å². The molecule has 0 saturated carbocycles. The first kappa shape index (κ1) is 25.4. The lowest BCUT2D eigenvalue weighted by atomic mass is 10.0. The maximum absolute atomic E-state index is 5.82. The topological polar surface area (TPSA) is 35.0 Å². The van der Waals surface area contributed by atoms with E-state index in [1.54, 1.807) is 12.4 Å². The molecule has 0 aliphatic rings. The van der Waals surface area contributed by atoms with E-state index in [4.69, 9.17) is 4.74 Å². The molecule has 3 heteroatoms. The van der Waals surface area contributed by atoms with Crippen LogP contribution in [0.5, 0.6) is 5.75 Å². The lowest BCUT2D eigenvalue weighted by Gasteiger charge is -2.07. The molecule has 0 aliphatic carbocycles. The minimum atomic E-state index is 0.755. The predicted octanol–water partition coefficient (Wildman–Crippen LogP) is 8.57. The van der Waals surface area contributed by atoms with Crippen molar-refractivity contribution < 1.29 is 4.74 Å². The molecular weight excluding hydrogens is 380 g/mol. The second kappa shape index (κ2) is 16.8. The summed E-state index contributed by atoms with van der Waals surface area (Å²) in [6.07, 6.45) is 23.3. The van der Waals surface area contributed by atoms with Crippen molar-refractivity contribution in [2.75, 3.05) is 6.61 Å². The Balaban J connectivity index is 1.62. The van der Waals surface area contributed by atoms with Gasteiger partial charge in [-0.15, -0.1) is 0 Å². The zero-order valence-electron chi connectivity index (χ0n) is 20.1. The molecule has 0 atom stereocenters. The molecule has 0 saturated heterocycles. The van der Waals surface area contributed by atoms with Crippen LogP contribution < -0.4 is 4.74 Å². The zero-order valence-corrected chi connectivity index (χ0v) is 20.1. The Kier molecular flexibility index (Phi) is 13.7. The first-order valence-corrected chi connectivity index (χ1v) is 12.9. The van der Waals surface area contributed by atoms with Gasteiger partial charge in [0.2, 0.25) is 0 Å². The second-order valence-electron chi connectivity index (χ2n) is 8.78. The van der Waals surface area contributed by atoms with E-state index >= 15 is 0 Å². The lowest BCUT2D eigenvalue weighted by Crippen LogP contribution is -1.99. The van der Waals surface area contributed by atoms with Gasteiger partial charge in [0.15, 0.2) is 11.6 Å². The number of rotatable bonds is 18. The molecule has 0 amide bonds. The maximum atomic E-state index is 5.82. The number of benzene rings is 1. The maximum Gasteiger partial charge on any atom is 0.159 e. The Hall–Kier alpha value is -1.90. The summed E-state index contributed by atoms with van der Waals surface area (Å²) < 4.78 is 5.82. The highest BCUT2D eigenvalue weighted by Crippen LogP contribution is 2.19. The quantitative estimate of drug-likeness (QED) is 0.225. The number of unbranched alkanes of at least 4 members (excludes halogenated alkanes) is 12. The number of aromatic nitrogens is 2. The predicted molar refractivity (Wildman–Crippen MR) is 133 cm³/mol. The summed E-state index contributed by atoms with van der Waals surface area (Å²) in [5.41, 5.74) is 2.48. The van der Waals surface area contributed by atoms with E-state index in [9.17, 15) is 0 Å². The van der Waals surface area contributed by atoms with E-state index in [1.807, 2.05) is 0 Å². The average Bonchev–Trinajstić information content (AvgIpc) is 2.81. The van der Waals surface area contributed by atoms with Crippen LogP contribution in [0.4, 0.5) is 0 Å². The molecule has 0 fully saturated rings. The molecule has 0 aliphatic heterocycles. The molecule has 31 heavy (non-hydrogen) atoms. The van der Waals surface area contributed by atoms with E-state index < -0.39 is 0 Å². The molecule has 2 rings (SSSR count). The largest absolute Gasteiger partial charge is 0.490 e. The molecule has 2 aromatic rings. The van der Waals surface area contributed by atoms with E-state index in [0.717, 1.165) is 30.2 Å². The number of ether oxygens (including phenoxy) is 1. The fourth-order valence-electron chi connectivity index (χ4n) is 3.90. The molecule has 1 aromatic carbocycles. The van der Waals surface area contributed by atoms with Crippen molar-refractivity contribution in [3.05, 3.63) is 42.2 Å². The first-order chi connectivity index (χ1) is 15.3. The molecule has 0 N–H and O–H groups in total. The van der Waals surface area contributed by atoms with Gasteiger partial charge in [-0.25, -0.2) is 9.97 Å². The Bertz CT molecular complexity index is 666. The van der Waals surface area contributed by atoms with Gasteiger partial charge in [0.1, 0.15) is 0 Å². The minimum absolute atomic E-state index is 0.755. The molecule has 0 bridgehead atoms. The van der Waals surface area contributed by atoms with Crippen LogP contribution in [0.15, 0.2) is 36.7 Å². The normalized spacial score (nSPS) is 11.0. The molecular formula is C28H44N2O. The van der Waals surface area contributed by atoms with Gasteiger partial charge in [-0.1, -0.05) is 115 Å². The highest BCUT2D eigenvalue weighted by Gasteiger charge is 2.03. The molecule has 1 heterocycles. The van der Waals surface area contributed by atoms with Crippen LogP contribution >= 0.6 is 0 Å². The highest BCUT2D eigenvalue weighted by atomic mass is 16.5. The standard InChI is InChI=1S/C28H44N2O/c1-3-5-7-9-11-12-14-16-22-31-27-23-29-28(30-24-27)26-20-18-25(19-21-26)17-15-13-10-8-6-4-2/h18-21,23-24H,3-17,22H2,1-2H3. The van der Waals surface area contributed by atoms with Gasteiger partial charge < -0.3 is 4.74 Å². The molecule has 0 unspecified atom stereocenters. The summed E-state index contributed by atoms with van der Waals surface area (Å²) in [4.78, 5) is 9.01. The fourth-order valence-corrected chi connectivity index (χ4v) is 3.90. The third-order valence-electron chi connectivity index (χ3n) is 5.93. The van der Waals surface area contributed by atoms with E-state index in [1.165, 1.54) is 95.5 Å². The molecule has 0 spiro atoms. The van der Waals surface area contributed by atoms with Crippen molar-refractivity contribution in [1.82, 2.24) is 9.97 Å². The zero-order chi connectivity index (χ0) is 22.0. The molecule has 1 aromatic heterocycles. The van der Waals surface area contributed by atoms with Gasteiger partial charge >= 0.3 is 0 Å². The van der Waals surface area contributed by atoms with E-state index in [0.29, 0.717) is 0 Å². The summed E-state index contributed by atoms with van der Waals surface area (Å²) in [7, 11) is 0. The van der Waals surface area contributed by atoms with Crippen LogP contribution in [-0.2, 0) is 6.42 Å². The van der Waals surface area contributed by atoms with Crippen LogP contribution in [0.3, 0.4) is 0 Å². The van der Waals surface area contributed by atoms with Crippen molar-refractivity contribution in [3.8, 4) is 17.1 Å². The summed E-state index contributed by atoms with van der Waals surface area (Å²) >= 11 is 0. The van der Waals surface area contributed by atoms with Crippen molar-refractivity contribution in [2.45, 2.75) is 110 Å².